The molecule has 1 N–H and O–H groups in total. The third kappa shape index (κ3) is 1.27. The molecule has 1 heterocycles. The smallest absolute Gasteiger partial charge is 0.207 e. The summed E-state index contributed by atoms with van der Waals surface area (Å²) in [7, 11) is 2.84. The van der Waals surface area contributed by atoms with Crippen LogP contribution in [0.15, 0.2) is 6.07 Å². The first-order valence-electron chi connectivity index (χ1n) is 4.33. The Kier molecular flexibility index (Phi) is 2.15. The third-order valence-corrected chi connectivity index (χ3v) is 2.25. The molecule has 0 saturated carbocycles. The van der Waals surface area contributed by atoms with E-state index in [4.69, 9.17) is 14.2 Å². The highest BCUT2D eigenvalue weighted by molar-refractivity contribution is 6.05. The highest BCUT2D eigenvalue weighted by Gasteiger charge is 2.30. The van der Waals surface area contributed by atoms with E-state index in [1.165, 1.54) is 20.3 Å². The third-order valence-electron chi connectivity index (χ3n) is 2.25. The van der Waals surface area contributed by atoms with E-state index in [0.717, 1.165) is 0 Å². The van der Waals surface area contributed by atoms with Gasteiger partial charge in [-0.05, 0) is 0 Å². The van der Waals surface area contributed by atoms with Crippen molar-refractivity contribution in [2.24, 2.45) is 0 Å². The maximum absolute atomic E-state index is 11.4. The predicted molar refractivity (Wildman–Crippen MR) is 51.0 cm³/mol. The first kappa shape index (κ1) is 9.64. The second kappa shape index (κ2) is 3.34. The molecule has 15 heavy (non-hydrogen) atoms. The molecular weight excluding hydrogens is 200 g/mol. The predicted octanol–water partition coefficient (Wildman–Crippen LogP) is 0.984. The quantitative estimate of drug-likeness (QED) is 0.788. The largest absolute Gasteiger partial charge is 0.504 e. The van der Waals surface area contributed by atoms with Crippen molar-refractivity contribution >= 4 is 5.78 Å². The molecule has 2 rings (SSSR count). The molecule has 0 unspecified atom stereocenters. The second-order valence-corrected chi connectivity index (χ2v) is 3.05. The molecule has 1 aromatic rings. The summed E-state index contributed by atoms with van der Waals surface area (Å²) in [5, 5.41) is 9.79. The van der Waals surface area contributed by atoms with Crippen LogP contribution in [0.25, 0.3) is 0 Å². The number of ether oxygens (including phenoxy) is 3. The average molecular weight is 210 g/mol. The summed E-state index contributed by atoms with van der Waals surface area (Å²) in [6, 6.07) is 1.53. The van der Waals surface area contributed by atoms with Crippen molar-refractivity contribution in [1.29, 1.82) is 0 Å². The number of phenols is 1. The van der Waals surface area contributed by atoms with Crippen molar-refractivity contribution in [2.45, 2.75) is 0 Å². The van der Waals surface area contributed by atoms with Gasteiger partial charge in [-0.1, -0.05) is 0 Å². The first-order chi connectivity index (χ1) is 7.19. The van der Waals surface area contributed by atoms with Gasteiger partial charge < -0.3 is 19.3 Å². The van der Waals surface area contributed by atoms with Gasteiger partial charge in [-0.25, -0.2) is 0 Å². The summed E-state index contributed by atoms with van der Waals surface area (Å²) in [6.45, 7) is -0.0563. The fourth-order valence-electron chi connectivity index (χ4n) is 1.55. The standard InChI is InChI=1S/C10H10O5/c1-13-7-3-6-8(5(11)4-15-6)9(12)10(7)14-2/h3,12H,4H2,1-2H3. The zero-order chi connectivity index (χ0) is 11.0. The minimum Gasteiger partial charge on any atom is -0.504 e. The summed E-state index contributed by atoms with van der Waals surface area (Å²) < 4.78 is 15.0. The van der Waals surface area contributed by atoms with Crippen LogP contribution in [0.3, 0.4) is 0 Å². The van der Waals surface area contributed by atoms with Gasteiger partial charge in [0, 0.05) is 6.07 Å². The van der Waals surface area contributed by atoms with Gasteiger partial charge >= 0.3 is 0 Å². The van der Waals surface area contributed by atoms with E-state index in [1.54, 1.807) is 0 Å². The van der Waals surface area contributed by atoms with Gasteiger partial charge in [0.25, 0.3) is 0 Å². The Balaban J connectivity index is 2.67. The average Bonchev–Trinajstić information content (AvgIpc) is 2.60. The molecule has 0 spiro atoms. The van der Waals surface area contributed by atoms with E-state index in [0.29, 0.717) is 11.5 Å². The molecule has 0 saturated heterocycles. The summed E-state index contributed by atoms with van der Waals surface area (Å²) in [5.41, 5.74) is 0.160. The van der Waals surface area contributed by atoms with Crippen molar-refractivity contribution in [3.63, 3.8) is 0 Å². The van der Waals surface area contributed by atoms with Crippen LogP contribution in [0.2, 0.25) is 0 Å². The van der Waals surface area contributed by atoms with Crippen LogP contribution in [-0.4, -0.2) is 31.7 Å². The zero-order valence-electron chi connectivity index (χ0n) is 8.36. The fourth-order valence-corrected chi connectivity index (χ4v) is 1.55. The lowest BCUT2D eigenvalue weighted by atomic mass is 10.1. The lowest BCUT2D eigenvalue weighted by molar-refractivity contribution is 0.0959. The van der Waals surface area contributed by atoms with E-state index in [2.05, 4.69) is 0 Å². The van der Waals surface area contributed by atoms with E-state index in [1.807, 2.05) is 0 Å². The van der Waals surface area contributed by atoms with Crippen LogP contribution in [0.1, 0.15) is 10.4 Å². The monoisotopic (exact) mass is 210 g/mol. The fraction of sp³-hybridized carbons (Fsp3) is 0.300. The summed E-state index contributed by atoms with van der Waals surface area (Å²) in [5.74, 6) is 0.325. The summed E-state index contributed by atoms with van der Waals surface area (Å²) in [6.07, 6.45) is 0. The van der Waals surface area contributed by atoms with Gasteiger partial charge in [0.2, 0.25) is 11.5 Å². The van der Waals surface area contributed by atoms with Crippen LogP contribution in [0.4, 0.5) is 0 Å². The maximum Gasteiger partial charge on any atom is 0.207 e. The SMILES string of the molecule is COc1cc2c(c(O)c1OC)C(=O)CO2. The number of ketones is 1. The van der Waals surface area contributed by atoms with Crippen LogP contribution >= 0.6 is 0 Å². The molecule has 80 valence electrons. The van der Waals surface area contributed by atoms with Gasteiger partial charge in [-0.15, -0.1) is 0 Å². The van der Waals surface area contributed by atoms with Crippen LogP contribution in [0, 0.1) is 0 Å². The number of carbonyl (C=O) groups is 1. The number of Topliss-reactive ketones (excluding diaryl/α,β-unsaturated/α-hetero) is 1. The van der Waals surface area contributed by atoms with Gasteiger partial charge in [0.15, 0.2) is 18.1 Å². The molecule has 0 amide bonds. The van der Waals surface area contributed by atoms with Crippen LogP contribution in [0.5, 0.6) is 23.0 Å². The van der Waals surface area contributed by atoms with E-state index in [9.17, 15) is 9.90 Å². The number of aromatic hydroxyl groups is 1. The first-order valence-corrected chi connectivity index (χ1v) is 4.33. The van der Waals surface area contributed by atoms with Crippen molar-refractivity contribution in [2.75, 3.05) is 20.8 Å². The molecule has 1 aliphatic heterocycles. The molecule has 0 aromatic heterocycles. The topological polar surface area (TPSA) is 65.0 Å². The highest BCUT2D eigenvalue weighted by atomic mass is 16.5. The highest BCUT2D eigenvalue weighted by Crippen LogP contribution is 2.46. The maximum atomic E-state index is 11.4. The number of hydrogen-bond donors (Lipinski definition) is 1. The number of carbonyl (C=O) groups excluding carboxylic acids is 1. The Bertz CT molecular complexity index is 424. The van der Waals surface area contributed by atoms with Gasteiger partial charge in [-0.3, -0.25) is 4.79 Å². The Hall–Kier alpha value is -1.91. The summed E-state index contributed by atoms with van der Waals surface area (Å²) in [4.78, 5) is 11.4. The Morgan fingerprint density at radius 1 is 1.40 bits per heavy atom. The molecule has 0 aliphatic carbocycles. The normalized spacial score (nSPS) is 13.3. The van der Waals surface area contributed by atoms with Gasteiger partial charge in [0.1, 0.15) is 11.3 Å². The molecule has 0 bridgehead atoms. The minimum absolute atomic E-state index is 0.0563. The van der Waals surface area contributed by atoms with Crippen molar-refractivity contribution in [3.05, 3.63) is 11.6 Å². The van der Waals surface area contributed by atoms with Crippen LogP contribution < -0.4 is 14.2 Å². The number of phenolic OH excluding ortho intramolecular Hbond substituents is 1. The Labute approximate surface area is 86.2 Å². The van der Waals surface area contributed by atoms with E-state index in [-0.39, 0.29) is 29.5 Å². The molecule has 0 fully saturated rings. The number of hydrogen-bond acceptors (Lipinski definition) is 5. The summed E-state index contributed by atoms with van der Waals surface area (Å²) >= 11 is 0. The molecular formula is C10H10O5. The zero-order valence-corrected chi connectivity index (χ0v) is 8.36. The van der Waals surface area contributed by atoms with Gasteiger partial charge in [-0.2, -0.15) is 0 Å². The van der Waals surface area contributed by atoms with Crippen molar-refractivity contribution in [1.82, 2.24) is 0 Å². The molecule has 5 heteroatoms. The molecule has 1 aliphatic rings. The molecule has 0 atom stereocenters. The van der Waals surface area contributed by atoms with E-state index < -0.39 is 0 Å². The lowest BCUT2D eigenvalue weighted by Crippen LogP contribution is -2.00. The number of benzene rings is 1. The lowest BCUT2D eigenvalue weighted by Gasteiger charge is -2.11. The Morgan fingerprint density at radius 3 is 2.73 bits per heavy atom. The molecule has 5 nitrogen and oxygen atoms in total. The number of methoxy groups -OCH3 is 2. The van der Waals surface area contributed by atoms with Gasteiger partial charge in [0.05, 0.1) is 14.2 Å². The second-order valence-electron chi connectivity index (χ2n) is 3.05. The Morgan fingerprint density at radius 2 is 2.13 bits per heavy atom. The van der Waals surface area contributed by atoms with Crippen molar-refractivity contribution in [3.8, 4) is 23.0 Å². The molecule has 1 aromatic carbocycles. The van der Waals surface area contributed by atoms with E-state index >= 15 is 0 Å². The number of fused-ring (bicyclic) bond motifs is 1. The molecule has 0 radical (unpaired) electrons. The number of rotatable bonds is 2. The minimum atomic E-state index is -0.261. The van der Waals surface area contributed by atoms with Crippen LogP contribution in [-0.2, 0) is 0 Å². The van der Waals surface area contributed by atoms with Crippen molar-refractivity contribution < 1.29 is 24.1 Å².